The number of nitrogens with two attached hydrogens (primary N) is 1. The number of nitrogens with zero attached hydrogens (tertiary/aromatic N) is 1. The summed E-state index contributed by atoms with van der Waals surface area (Å²) in [6.07, 6.45) is 2.36. The largest absolute Gasteiger partial charge is 0.381 e. The first kappa shape index (κ1) is 15.0. The van der Waals surface area contributed by atoms with Crippen molar-refractivity contribution in [1.29, 1.82) is 0 Å². The molecule has 0 aromatic carbocycles. The first-order chi connectivity index (χ1) is 9.08. The average Bonchev–Trinajstić information content (AvgIpc) is 2.76. The van der Waals surface area contributed by atoms with Gasteiger partial charge in [-0.3, -0.25) is 4.90 Å². The molecule has 2 N–H and O–H groups in total. The van der Waals surface area contributed by atoms with Gasteiger partial charge >= 0.3 is 0 Å². The van der Waals surface area contributed by atoms with E-state index < -0.39 is 0 Å². The zero-order chi connectivity index (χ0) is 13.8. The molecular formula is C15H26N2OS. The molecule has 1 aromatic heterocycles. The molecule has 0 amide bonds. The van der Waals surface area contributed by atoms with Crippen molar-refractivity contribution in [2.75, 3.05) is 26.8 Å². The van der Waals surface area contributed by atoms with Crippen molar-refractivity contribution in [3.05, 3.63) is 21.9 Å². The minimum absolute atomic E-state index is 0.155. The molecule has 108 valence electrons. The number of aryl methyl sites for hydroxylation is 1. The zero-order valence-corrected chi connectivity index (χ0v) is 13.1. The Bertz CT molecular complexity index is 385. The lowest BCUT2D eigenvalue weighted by molar-refractivity contribution is 0.0489. The third kappa shape index (κ3) is 4.02. The van der Waals surface area contributed by atoms with Crippen LogP contribution < -0.4 is 5.73 Å². The molecule has 0 saturated carbocycles. The molecule has 2 unspecified atom stereocenters. The summed E-state index contributed by atoms with van der Waals surface area (Å²) >= 11 is 1.87. The summed E-state index contributed by atoms with van der Waals surface area (Å²) in [5.74, 6) is 0.751. The van der Waals surface area contributed by atoms with E-state index in [0.717, 1.165) is 25.7 Å². The predicted octanol–water partition coefficient (Wildman–Crippen LogP) is 2.80. The highest BCUT2D eigenvalue weighted by Crippen LogP contribution is 2.30. The summed E-state index contributed by atoms with van der Waals surface area (Å²) in [4.78, 5) is 5.19. The van der Waals surface area contributed by atoms with Gasteiger partial charge in [-0.15, -0.1) is 11.3 Å². The van der Waals surface area contributed by atoms with Crippen molar-refractivity contribution in [3.8, 4) is 0 Å². The summed E-state index contributed by atoms with van der Waals surface area (Å²) in [5.41, 5.74) is 6.22. The van der Waals surface area contributed by atoms with Crippen molar-refractivity contribution in [2.24, 2.45) is 11.7 Å². The quantitative estimate of drug-likeness (QED) is 0.902. The van der Waals surface area contributed by atoms with E-state index in [9.17, 15) is 0 Å². The standard InChI is InChI=1S/C15H26N2OS/c1-11-4-5-14(19-11)15(12(2)16)17(3)10-13-6-8-18-9-7-13/h4-5,12-13,15H,6-10,16H2,1-3H3. The second-order valence-corrected chi connectivity index (χ2v) is 7.07. The van der Waals surface area contributed by atoms with Crippen molar-refractivity contribution in [1.82, 2.24) is 4.90 Å². The Hall–Kier alpha value is -0.420. The molecule has 1 aliphatic rings. The van der Waals surface area contributed by atoms with Crippen LogP contribution in [0.4, 0.5) is 0 Å². The number of thiophene rings is 1. The SMILES string of the molecule is Cc1ccc(C(C(C)N)N(C)CC2CCOCC2)s1. The van der Waals surface area contributed by atoms with E-state index in [1.54, 1.807) is 0 Å². The molecule has 0 aliphatic carbocycles. The van der Waals surface area contributed by atoms with Gasteiger partial charge in [-0.25, -0.2) is 0 Å². The minimum atomic E-state index is 0.155. The maximum absolute atomic E-state index is 6.22. The van der Waals surface area contributed by atoms with E-state index in [2.05, 4.69) is 37.9 Å². The Morgan fingerprint density at radius 2 is 2.11 bits per heavy atom. The third-order valence-corrected chi connectivity index (χ3v) is 4.98. The normalized spacial score (nSPS) is 20.7. The van der Waals surface area contributed by atoms with Crippen LogP contribution in [0.1, 0.15) is 35.6 Å². The fourth-order valence-electron chi connectivity index (χ4n) is 2.94. The first-order valence-electron chi connectivity index (χ1n) is 7.18. The first-order valence-corrected chi connectivity index (χ1v) is 7.99. The Morgan fingerprint density at radius 1 is 1.42 bits per heavy atom. The summed E-state index contributed by atoms with van der Waals surface area (Å²) < 4.78 is 5.44. The molecule has 0 radical (unpaired) electrons. The minimum Gasteiger partial charge on any atom is -0.381 e. The number of ether oxygens (including phenoxy) is 1. The van der Waals surface area contributed by atoms with Crippen LogP contribution in [-0.4, -0.2) is 37.7 Å². The van der Waals surface area contributed by atoms with Crippen LogP contribution in [0.3, 0.4) is 0 Å². The topological polar surface area (TPSA) is 38.5 Å². The summed E-state index contributed by atoms with van der Waals surface area (Å²) in [7, 11) is 2.21. The molecular weight excluding hydrogens is 256 g/mol. The molecule has 3 nitrogen and oxygen atoms in total. The smallest absolute Gasteiger partial charge is 0.0588 e. The lowest BCUT2D eigenvalue weighted by Gasteiger charge is -2.34. The molecule has 1 aromatic rings. The lowest BCUT2D eigenvalue weighted by Crippen LogP contribution is -2.40. The van der Waals surface area contributed by atoms with Crippen molar-refractivity contribution in [3.63, 3.8) is 0 Å². The van der Waals surface area contributed by atoms with Crippen molar-refractivity contribution < 1.29 is 4.74 Å². The van der Waals surface area contributed by atoms with Gasteiger partial charge in [0.25, 0.3) is 0 Å². The number of likely N-dealkylation sites (N-methyl/N-ethyl adjacent to an activating group) is 1. The van der Waals surface area contributed by atoms with Crippen LogP contribution in [0.15, 0.2) is 12.1 Å². The molecule has 2 heterocycles. The van der Waals surface area contributed by atoms with Gasteiger partial charge in [-0.05, 0) is 51.8 Å². The van der Waals surface area contributed by atoms with Crippen LogP contribution in [0.25, 0.3) is 0 Å². The Morgan fingerprint density at radius 3 is 2.63 bits per heavy atom. The maximum atomic E-state index is 6.22. The van der Waals surface area contributed by atoms with Crippen molar-refractivity contribution in [2.45, 2.75) is 38.8 Å². The van der Waals surface area contributed by atoms with Gasteiger partial charge in [-0.2, -0.15) is 0 Å². The molecule has 4 heteroatoms. The van der Waals surface area contributed by atoms with Crippen LogP contribution in [0.2, 0.25) is 0 Å². The van der Waals surface area contributed by atoms with Gasteiger partial charge < -0.3 is 10.5 Å². The lowest BCUT2D eigenvalue weighted by atomic mass is 9.98. The fourth-order valence-corrected chi connectivity index (χ4v) is 4.10. The second-order valence-electron chi connectivity index (χ2n) is 5.75. The Labute approximate surface area is 120 Å². The average molecular weight is 282 g/mol. The Balaban J connectivity index is 2.01. The summed E-state index contributed by atoms with van der Waals surface area (Å²) in [5, 5.41) is 0. The maximum Gasteiger partial charge on any atom is 0.0588 e. The molecule has 1 aliphatic heterocycles. The molecule has 19 heavy (non-hydrogen) atoms. The predicted molar refractivity (Wildman–Crippen MR) is 81.6 cm³/mol. The molecule has 1 fully saturated rings. The Kier molecular flexibility index (Phi) is 5.39. The summed E-state index contributed by atoms with van der Waals surface area (Å²) in [6.45, 7) is 7.22. The van der Waals surface area contributed by atoms with Gasteiger partial charge in [0, 0.05) is 35.6 Å². The van der Waals surface area contributed by atoms with Crippen molar-refractivity contribution >= 4 is 11.3 Å². The van der Waals surface area contributed by atoms with Crippen LogP contribution in [-0.2, 0) is 4.74 Å². The number of hydrogen-bond donors (Lipinski definition) is 1. The van der Waals surface area contributed by atoms with E-state index in [4.69, 9.17) is 10.5 Å². The van der Waals surface area contributed by atoms with Crippen LogP contribution in [0, 0.1) is 12.8 Å². The van der Waals surface area contributed by atoms with Gasteiger partial charge in [0.1, 0.15) is 0 Å². The highest BCUT2D eigenvalue weighted by atomic mass is 32.1. The molecule has 2 atom stereocenters. The van der Waals surface area contributed by atoms with Gasteiger partial charge in [0.05, 0.1) is 6.04 Å². The number of rotatable bonds is 5. The molecule has 2 rings (SSSR count). The van der Waals surface area contributed by atoms with E-state index in [1.807, 2.05) is 11.3 Å². The fraction of sp³-hybridized carbons (Fsp3) is 0.733. The molecule has 0 bridgehead atoms. The monoisotopic (exact) mass is 282 g/mol. The highest BCUT2D eigenvalue weighted by Gasteiger charge is 2.25. The third-order valence-electron chi connectivity index (χ3n) is 3.91. The van der Waals surface area contributed by atoms with E-state index >= 15 is 0 Å². The van der Waals surface area contributed by atoms with Gasteiger partial charge in [-0.1, -0.05) is 0 Å². The molecule has 0 spiro atoms. The van der Waals surface area contributed by atoms with E-state index in [-0.39, 0.29) is 6.04 Å². The van der Waals surface area contributed by atoms with Gasteiger partial charge in [0.15, 0.2) is 0 Å². The van der Waals surface area contributed by atoms with E-state index in [0.29, 0.717) is 6.04 Å². The summed E-state index contributed by atoms with van der Waals surface area (Å²) in [6, 6.07) is 4.91. The van der Waals surface area contributed by atoms with Crippen LogP contribution in [0.5, 0.6) is 0 Å². The highest BCUT2D eigenvalue weighted by molar-refractivity contribution is 7.12. The van der Waals surface area contributed by atoms with Gasteiger partial charge in [0.2, 0.25) is 0 Å². The number of hydrogen-bond acceptors (Lipinski definition) is 4. The van der Waals surface area contributed by atoms with Crippen LogP contribution >= 0.6 is 11.3 Å². The molecule has 1 saturated heterocycles. The van der Waals surface area contributed by atoms with E-state index in [1.165, 1.54) is 22.6 Å². The zero-order valence-electron chi connectivity index (χ0n) is 12.3. The second kappa shape index (κ2) is 6.84.